The zero-order valence-electron chi connectivity index (χ0n) is 14.3. The van der Waals surface area contributed by atoms with Gasteiger partial charge < -0.3 is 29.8 Å². The van der Waals surface area contributed by atoms with Crippen LogP contribution in [0.5, 0.6) is 0 Å². The Morgan fingerprint density at radius 2 is 1.69 bits per heavy atom. The van der Waals surface area contributed by atoms with Gasteiger partial charge in [0.1, 0.15) is 18.3 Å². The molecule has 2 fully saturated rings. The molecule has 0 saturated carbocycles. The molecule has 0 radical (unpaired) electrons. The molecule has 2 aromatic rings. The molecule has 0 aliphatic carbocycles. The van der Waals surface area contributed by atoms with E-state index in [0.29, 0.717) is 13.2 Å². The minimum atomic E-state index is -0.898. The first-order valence-electron chi connectivity index (χ1n) is 8.79. The van der Waals surface area contributed by atoms with Crippen LogP contribution in [0.25, 0.3) is 0 Å². The summed E-state index contributed by atoms with van der Waals surface area (Å²) in [6, 6.07) is 18.7. The average Bonchev–Trinajstić information content (AvgIpc) is 2.71. The summed E-state index contributed by atoms with van der Waals surface area (Å²) in [5.74, 6) is 0. The van der Waals surface area contributed by atoms with Crippen LogP contribution < -0.4 is 5.73 Å². The predicted octanol–water partition coefficient (Wildman–Crippen LogP) is 1.73. The number of benzene rings is 2. The lowest BCUT2D eigenvalue weighted by atomic mass is 9.96. The molecular weight excluding hydrogens is 334 g/mol. The first-order chi connectivity index (χ1) is 12.7. The molecule has 6 heteroatoms. The Labute approximate surface area is 152 Å². The highest BCUT2D eigenvalue weighted by atomic mass is 16.7. The van der Waals surface area contributed by atoms with Crippen molar-refractivity contribution in [1.82, 2.24) is 0 Å². The third-order valence-corrected chi connectivity index (χ3v) is 4.74. The van der Waals surface area contributed by atoms with E-state index in [0.717, 1.165) is 11.1 Å². The molecule has 3 N–H and O–H groups in total. The lowest BCUT2D eigenvalue weighted by molar-refractivity contribution is -0.343. The molecule has 2 aliphatic rings. The summed E-state index contributed by atoms with van der Waals surface area (Å²) in [5.41, 5.74) is 8.07. The number of hydrogen-bond acceptors (Lipinski definition) is 6. The fourth-order valence-electron chi connectivity index (χ4n) is 3.29. The van der Waals surface area contributed by atoms with Crippen molar-refractivity contribution < 1.29 is 24.1 Å². The molecule has 2 aromatic carbocycles. The highest BCUT2D eigenvalue weighted by molar-refractivity contribution is 5.17. The molecular formula is C20H23NO5. The summed E-state index contributed by atoms with van der Waals surface area (Å²) in [6.07, 6.45) is -3.13. The van der Waals surface area contributed by atoms with Crippen LogP contribution >= 0.6 is 0 Å². The van der Waals surface area contributed by atoms with E-state index >= 15 is 0 Å². The van der Waals surface area contributed by atoms with Crippen molar-refractivity contribution in [2.45, 2.75) is 43.5 Å². The van der Waals surface area contributed by atoms with Gasteiger partial charge in [-0.2, -0.15) is 0 Å². The van der Waals surface area contributed by atoms with Crippen molar-refractivity contribution in [3.63, 3.8) is 0 Å². The van der Waals surface area contributed by atoms with Gasteiger partial charge in [-0.25, -0.2) is 0 Å². The van der Waals surface area contributed by atoms with Gasteiger partial charge in [0, 0.05) is 5.56 Å². The second-order valence-corrected chi connectivity index (χ2v) is 6.58. The molecule has 0 spiro atoms. The summed E-state index contributed by atoms with van der Waals surface area (Å²) >= 11 is 0. The number of ether oxygens (including phenoxy) is 4. The Hall–Kier alpha value is -1.80. The summed E-state index contributed by atoms with van der Waals surface area (Å²) in [5, 5.41) is 10.6. The zero-order chi connectivity index (χ0) is 17.9. The van der Waals surface area contributed by atoms with Gasteiger partial charge in [-0.3, -0.25) is 0 Å². The molecule has 2 heterocycles. The van der Waals surface area contributed by atoms with Crippen LogP contribution in [0.15, 0.2) is 60.7 Å². The highest BCUT2D eigenvalue weighted by Gasteiger charge is 2.48. The number of aliphatic hydroxyl groups is 1. The van der Waals surface area contributed by atoms with Gasteiger partial charge in [0.25, 0.3) is 0 Å². The van der Waals surface area contributed by atoms with E-state index in [1.807, 2.05) is 60.7 Å². The lowest BCUT2D eigenvalue weighted by Gasteiger charge is -2.46. The molecule has 26 heavy (non-hydrogen) atoms. The summed E-state index contributed by atoms with van der Waals surface area (Å²) in [4.78, 5) is 0. The van der Waals surface area contributed by atoms with E-state index in [1.165, 1.54) is 0 Å². The summed E-state index contributed by atoms with van der Waals surface area (Å²) < 4.78 is 23.4. The van der Waals surface area contributed by atoms with Gasteiger partial charge in [0.15, 0.2) is 12.6 Å². The Bertz CT molecular complexity index is 696. The van der Waals surface area contributed by atoms with Crippen molar-refractivity contribution in [1.29, 1.82) is 0 Å². The molecule has 2 saturated heterocycles. The number of rotatable bonds is 4. The molecule has 0 unspecified atom stereocenters. The molecule has 6 nitrogen and oxygen atoms in total. The van der Waals surface area contributed by atoms with Gasteiger partial charge in [0.05, 0.1) is 19.3 Å². The van der Waals surface area contributed by atoms with Crippen molar-refractivity contribution in [2.24, 2.45) is 5.73 Å². The van der Waals surface area contributed by atoms with E-state index in [1.54, 1.807) is 0 Å². The Morgan fingerprint density at radius 1 is 1.00 bits per heavy atom. The van der Waals surface area contributed by atoms with E-state index in [4.69, 9.17) is 24.7 Å². The van der Waals surface area contributed by atoms with Crippen molar-refractivity contribution in [3.8, 4) is 0 Å². The molecule has 0 amide bonds. The Kier molecular flexibility index (Phi) is 5.31. The highest BCUT2D eigenvalue weighted by Crippen LogP contribution is 2.33. The smallest absolute Gasteiger partial charge is 0.184 e. The zero-order valence-corrected chi connectivity index (χ0v) is 14.3. The normalized spacial score (nSPS) is 34.2. The number of aliphatic hydroxyl groups excluding tert-OH is 1. The molecule has 2 aliphatic heterocycles. The van der Waals surface area contributed by atoms with Crippen LogP contribution in [0.1, 0.15) is 17.4 Å². The molecule has 0 bridgehead atoms. The standard InChI is InChI=1S/C20H23NO5/c21-16-17(22)18-15(12-24-19(26-18)14-9-5-2-6-10-14)25-20(16)23-11-13-7-3-1-4-8-13/h1-10,15-20,22H,11-12,21H2/t15-,16-,17+,18-,19-,20-/m1/s1. The van der Waals surface area contributed by atoms with Gasteiger partial charge >= 0.3 is 0 Å². The van der Waals surface area contributed by atoms with Crippen LogP contribution in [0, 0.1) is 0 Å². The van der Waals surface area contributed by atoms with Crippen LogP contribution in [0.3, 0.4) is 0 Å². The van der Waals surface area contributed by atoms with E-state index in [9.17, 15) is 5.11 Å². The molecule has 4 rings (SSSR count). The van der Waals surface area contributed by atoms with Gasteiger partial charge in [0.2, 0.25) is 0 Å². The molecule has 6 atom stereocenters. The number of hydrogen-bond donors (Lipinski definition) is 2. The topological polar surface area (TPSA) is 83.2 Å². The number of fused-ring (bicyclic) bond motifs is 1. The second kappa shape index (κ2) is 7.84. The molecule has 0 aromatic heterocycles. The van der Waals surface area contributed by atoms with Crippen LogP contribution in [-0.2, 0) is 25.6 Å². The third-order valence-electron chi connectivity index (χ3n) is 4.74. The second-order valence-electron chi connectivity index (χ2n) is 6.58. The van der Waals surface area contributed by atoms with Gasteiger partial charge in [-0.05, 0) is 5.56 Å². The lowest BCUT2D eigenvalue weighted by Crippen LogP contribution is -2.64. The quantitative estimate of drug-likeness (QED) is 0.867. The fourth-order valence-corrected chi connectivity index (χ4v) is 3.29. The SMILES string of the molecule is N[C@H]1[C@H](OCc2ccccc2)O[C@@H]2CO[C@@H](c3ccccc3)O[C@H]2[C@H]1O. The Balaban J connectivity index is 1.40. The fraction of sp³-hybridized carbons (Fsp3) is 0.400. The molecule has 138 valence electrons. The summed E-state index contributed by atoms with van der Waals surface area (Å²) in [6.45, 7) is 0.664. The first kappa shape index (κ1) is 17.6. The monoisotopic (exact) mass is 357 g/mol. The van der Waals surface area contributed by atoms with Crippen molar-refractivity contribution in [2.75, 3.05) is 6.61 Å². The van der Waals surface area contributed by atoms with Crippen LogP contribution in [0.2, 0.25) is 0 Å². The maximum atomic E-state index is 10.6. The average molecular weight is 357 g/mol. The number of nitrogens with two attached hydrogens (primary N) is 1. The largest absolute Gasteiger partial charge is 0.388 e. The maximum absolute atomic E-state index is 10.6. The van der Waals surface area contributed by atoms with Crippen LogP contribution in [0.4, 0.5) is 0 Å². The van der Waals surface area contributed by atoms with Crippen LogP contribution in [-0.4, -0.2) is 42.4 Å². The minimum absolute atomic E-state index is 0.305. The van der Waals surface area contributed by atoms with Gasteiger partial charge in [-0.1, -0.05) is 60.7 Å². The van der Waals surface area contributed by atoms with Crippen molar-refractivity contribution >= 4 is 0 Å². The third kappa shape index (κ3) is 3.66. The van der Waals surface area contributed by atoms with E-state index < -0.39 is 36.9 Å². The van der Waals surface area contributed by atoms with E-state index in [-0.39, 0.29) is 0 Å². The van der Waals surface area contributed by atoms with Gasteiger partial charge in [-0.15, -0.1) is 0 Å². The summed E-state index contributed by atoms with van der Waals surface area (Å²) in [7, 11) is 0. The minimum Gasteiger partial charge on any atom is -0.388 e. The van der Waals surface area contributed by atoms with E-state index in [2.05, 4.69) is 0 Å². The van der Waals surface area contributed by atoms with Crippen molar-refractivity contribution in [3.05, 3.63) is 71.8 Å². The maximum Gasteiger partial charge on any atom is 0.184 e. The predicted molar refractivity (Wildman–Crippen MR) is 93.9 cm³/mol. The Morgan fingerprint density at radius 3 is 2.42 bits per heavy atom. The first-order valence-corrected chi connectivity index (χ1v) is 8.79.